The monoisotopic (exact) mass is 749 g/mol. The minimum Gasteiger partial charge on any atom is -0.507 e. The Bertz CT molecular complexity index is 1300. The summed E-state index contributed by atoms with van der Waals surface area (Å²) < 4.78 is 11.6. The number of unbranched alkanes of at least 4 members (excludes halogenated alkanes) is 18. The number of aromatic hydroxyl groups is 2. The fourth-order valence-corrected chi connectivity index (χ4v) is 6.35. The highest BCUT2D eigenvalue weighted by atomic mass is 16.5. The van der Waals surface area contributed by atoms with Crippen LogP contribution in [0.3, 0.4) is 0 Å². The molecule has 0 fully saturated rings. The summed E-state index contributed by atoms with van der Waals surface area (Å²) in [4.78, 5) is 25.7. The quantitative estimate of drug-likeness (QED) is 0.0324. The van der Waals surface area contributed by atoms with Gasteiger partial charge in [0.15, 0.2) is 11.6 Å². The van der Waals surface area contributed by atoms with Crippen LogP contribution in [0.5, 0.6) is 23.0 Å². The second-order valence-electron chi connectivity index (χ2n) is 14.7. The summed E-state index contributed by atoms with van der Waals surface area (Å²) in [5.74, 6) is 0.306. The van der Waals surface area contributed by atoms with E-state index in [9.17, 15) is 19.8 Å². The van der Waals surface area contributed by atoms with Crippen LogP contribution in [0.2, 0.25) is 0 Å². The highest BCUT2D eigenvalue weighted by molar-refractivity contribution is 6.07. The van der Waals surface area contributed by atoms with Crippen molar-refractivity contribution in [3.05, 3.63) is 71.1 Å². The molecule has 0 aliphatic carbocycles. The zero-order valence-corrected chi connectivity index (χ0v) is 34.1. The zero-order valence-electron chi connectivity index (χ0n) is 34.1. The molecule has 0 amide bonds. The molecule has 0 atom stereocenters. The maximum absolute atomic E-state index is 12.8. The predicted molar refractivity (Wildman–Crippen MR) is 223 cm³/mol. The molecule has 0 saturated heterocycles. The molecule has 0 radical (unpaired) electrons. The Morgan fingerprint density at radius 3 is 1.15 bits per heavy atom. The lowest BCUT2D eigenvalue weighted by atomic mass is 10.1. The van der Waals surface area contributed by atoms with E-state index in [1.54, 1.807) is 38.1 Å². The molecule has 0 aromatic heterocycles. The molecule has 0 unspecified atom stereocenters. The van der Waals surface area contributed by atoms with Gasteiger partial charge in [-0.3, -0.25) is 9.59 Å². The van der Waals surface area contributed by atoms with Crippen LogP contribution in [0.25, 0.3) is 0 Å². The van der Waals surface area contributed by atoms with E-state index in [-0.39, 0.29) is 34.2 Å². The maximum Gasteiger partial charge on any atom is 0.191 e. The molecule has 0 heterocycles. The highest BCUT2D eigenvalue weighted by Crippen LogP contribution is 2.26. The van der Waals surface area contributed by atoms with Gasteiger partial charge < -0.3 is 30.3 Å². The first kappa shape index (κ1) is 46.2. The number of carbonyl (C=O) groups is 2. The number of allylic oxidation sites excluding steroid dienone is 4. The molecule has 2 aromatic carbocycles. The Kier molecular flexibility index (Phi) is 25.2. The van der Waals surface area contributed by atoms with Crippen molar-refractivity contribution in [2.75, 3.05) is 26.3 Å². The lowest BCUT2D eigenvalue weighted by Crippen LogP contribution is -2.26. The number of ether oxygens (including phenoxy) is 2. The van der Waals surface area contributed by atoms with Crippen LogP contribution in [0.15, 0.2) is 59.9 Å². The van der Waals surface area contributed by atoms with E-state index in [2.05, 4.69) is 24.5 Å². The third-order valence-corrected chi connectivity index (χ3v) is 9.63. The standard InChI is InChI=1S/C46H72N2O6/c1-5-7-9-11-13-15-17-19-21-23-31-53-39-25-27-41(45(51)35-39)43(49)33-37(3)47-29-30-48-38(4)34-44(50)42-28-26-40(36-46(42)52)54-32-24-22-20-18-16-14-12-10-8-6-2/h25-28,33-36,47-48,51-52H,5-24,29-32H2,1-4H3/b37-33+,38-34+. The first-order valence-corrected chi connectivity index (χ1v) is 21.1. The van der Waals surface area contributed by atoms with Crippen LogP contribution >= 0.6 is 0 Å². The Hall–Kier alpha value is -3.94. The van der Waals surface area contributed by atoms with E-state index in [0.29, 0.717) is 49.2 Å². The van der Waals surface area contributed by atoms with Crippen molar-refractivity contribution in [1.82, 2.24) is 10.6 Å². The lowest BCUT2D eigenvalue weighted by molar-refractivity contribution is 0.103. The van der Waals surface area contributed by atoms with Crippen LogP contribution in [-0.4, -0.2) is 48.1 Å². The number of phenolic OH excluding ortho intramolecular Hbond substituents is 2. The summed E-state index contributed by atoms with van der Waals surface area (Å²) in [6.07, 6.45) is 28.1. The fourth-order valence-electron chi connectivity index (χ4n) is 6.35. The molecule has 0 aliphatic rings. The van der Waals surface area contributed by atoms with Gasteiger partial charge in [-0.05, 0) is 51.0 Å². The van der Waals surface area contributed by atoms with Gasteiger partial charge in [-0.2, -0.15) is 0 Å². The number of benzene rings is 2. The van der Waals surface area contributed by atoms with Crippen LogP contribution in [0.1, 0.15) is 177 Å². The number of ketones is 2. The van der Waals surface area contributed by atoms with E-state index < -0.39 is 0 Å². The van der Waals surface area contributed by atoms with Crippen molar-refractivity contribution >= 4 is 11.6 Å². The average Bonchev–Trinajstić information content (AvgIpc) is 3.14. The Balaban J connectivity index is 1.64. The molecule has 0 bridgehead atoms. The van der Waals surface area contributed by atoms with E-state index in [1.165, 1.54) is 127 Å². The second kappa shape index (κ2) is 29.4. The van der Waals surface area contributed by atoms with Gasteiger partial charge in [-0.1, -0.05) is 129 Å². The molecule has 54 heavy (non-hydrogen) atoms. The Labute approximate surface area is 327 Å². The molecular formula is C46H72N2O6. The van der Waals surface area contributed by atoms with Gasteiger partial charge >= 0.3 is 0 Å². The predicted octanol–water partition coefficient (Wildman–Crippen LogP) is 11.7. The smallest absolute Gasteiger partial charge is 0.191 e. The minimum absolute atomic E-state index is 0.103. The summed E-state index contributed by atoms with van der Waals surface area (Å²) in [6.45, 7) is 10.3. The third-order valence-electron chi connectivity index (χ3n) is 9.63. The number of rotatable bonds is 33. The first-order valence-electron chi connectivity index (χ1n) is 21.1. The average molecular weight is 749 g/mol. The van der Waals surface area contributed by atoms with Crippen molar-refractivity contribution in [2.45, 2.75) is 156 Å². The summed E-state index contributed by atoms with van der Waals surface area (Å²) in [5.41, 5.74) is 1.74. The molecular weight excluding hydrogens is 677 g/mol. The SMILES string of the molecule is CCCCCCCCCCCCOc1ccc(C(=O)/C=C(\C)NCCN/C(C)=C/C(=O)c2ccc(OCCCCCCCCCCCC)cc2O)c(O)c1. The normalized spacial score (nSPS) is 11.8. The number of carbonyl (C=O) groups excluding carboxylic acids is 2. The molecule has 302 valence electrons. The van der Waals surface area contributed by atoms with Crippen LogP contribution in [0, 0.1) is 0 Å². The molecule has 8 heteroatoms. The van der Waals surface area contributed by atoms with Crippen molar-refractivity contribution < 1.29 is 29.3 Å². The van der Waals surface area contributed by atoms with E-state index >= 15 is 0 Å². The summed E-state index contributed by atoms with van der Waals surface area (Å²) in [5, 5.41) is 27.3. The van der Waals surface area contributed by atoms with E-state index in [1.807, 2.05) is 0 Å². The zero-order chi connectivity index (χ0) is 39.2. The molecule has 4 N–H and O–H groups in total. The van der Waals surface area contributed by atoms with Crippen LogP contribution < -0.4 is 20.1 Å². The largest absolute Gasteiger partial charge is 0.507 e. The lowest BCUT2D eigenvalue weighted by Gasteiger charge is -2.11. The number of nitrogens with one attached hydrogen (secondary N) is 2. The van der Waals surface area contributed by atoms with E-state index in [0.717, 1.165) is 25.7 Å². The molecule has 2 aromatic rings. The van der Waals surface area contributed by atoms with Crippen LogP contribution in [-0.2, 0) is 0 Å². The van der Waals surface area contributed by atoms with Gasteiger partial charge in [0.05, 0.1) is 24.3 Å². The Morgan fingerprint density at radius 1 is 0.519 bits per heavy atom. The van der Waals surface area contributed by atoms with Gasteiger partial charge in [-0.15, -0.1) is 0 Å². The molecule has 2 rings (SSSR count). The fraction of sp³-hybridized carbons (Fsp3) is 0.609. The van der Waals surface area contributed by atoms with Gasteiger partial charge in [0, 0.05) is 48.8 Å². The van der Waals surface area contributed by atoms with Gasteiger partial charge in [0.25, 0.3) is 0 Å². The van der Waals surface area contributed by atoms with Gasteiger partial charge in [-0.25, -0.2) is 0 Å². The van der Waals surface area contributed by atoms with Crippen LogP contribution in [0.4, 0.5) is 0 Å². The molecule has 0 spiro atoms. The molecule has 8 nitrogen and oxygen atoms in total. The number of hydrogen-bond donors (Lipinski definition) is 4. The minimum atomic E-state index is -0.302. The van der Waals surface area contributed by atoms with Crippen molar-refractivity contribution in [3.8, 4) is 23.0 Å². The highest BCUT2D eigenvalue weighted by Gasteiger charge is 2.12. The van der Waals surface area contributed by atoms with Crippen molar-refractivity contribution in [3.63, 3.8) is 0 Å². The summed E-state index contributed by atoms with van der Waals surface area (Å²) in [7, 11) is 0. The van der Waals surface area contributed by atoms with Crippen molar-refractivity contribution in [1.29, 1.82) is 0 Å². The van der Waals surface area contributed by atoms with Crippen molar-refractivity contribution in [2.24, 2.45) is 0 Å². The third kappa shape index (κ3) is 21.1. The molecule has 0 saturated carbocycles. The topological polar surface area (TPSA) is 117 Å². The van der Waals surface area contributed by atoms with E-state index in [4.69, 9.17) is 9.47 Å². The maximum atomic E-state index is 12.8. The molecule has 0 aliphatic heterocycles. The summed E-state index contributed by atoms with van der Waals surface area (Å²) >= 11 is 0. The summed E-state index contributed by atoms with van der Waals surface area (Å²) in [6, 6.07) is 9.65. The second-order valence-corrected chi connectivity index (χ2v) is 14.7. The number of phenols is 2. The van der Waals surface area contributed by atoms with Gasteiger partial charge in [0.2, 0.25) is 0 Å². The first-order chi connectivity index (χ1) is 26.2. The number of hydrogen-bond acceptors (Lipinski definition) is 8. The Morgan fingerprint density at radius 2 is 0.833 bits per heavy atom. The van der Waals surface area contributed by atoms with Gasteiger partial charge in [0.1, 0.15) is 23.0 Å².